The van der Waals surface area contributed by atoms with Crippen LogP contribution in [0.2, 0.25) is 0 Å². The summed E-state index contributed by atoms with van der Waals surface area (Å²) in [6, 6.07) is 6.25. The number of nitrogens with zero attached hydrogens (tertiary/aromatic N) is 1. The molecule has 2 saturated heterocycles. The van der Waals surface area contributed by atoms with Crippen molar-refractivity contribution in [3.63, 3.8) is 0 Å². The minimum absolute atomic E-state index is 0.0539. The Hall–Kier alpha value is -3.82. The smallest absolute Gasteiger partial charge is 0.254 e. The van der Waals surface area contributed by atoms with Crippen LogP contribution < -0.4 is 10.6 Å². The maximum atomic E-state index is 13.9. The highest BCUT2D eigenvalue weighted by atomic mass is 19.2. The molecule has 33 heavy (non-hydrogen) atoms. The fourth-order valence-corrected chi connectivity index (χ4v) is 4.58. The van der Waals surface area contributed by atoms with E-state index in [9.17, 15) is 27.6 Å². The van der Waals surface area contributed by atoms with Gasteiger partial charge in [0.05, 0.1) is 5.56 Å². The zero-order valence-electron chi connectivity index (χ0n) is 17.2. The lowest BCUT2D eigenvalue weighted by Crippen LogP contribution is -2.61. The van der Waals surface area contributed by atoms with E-state index in [0.717, 1.165) is 16.5 Å². The molecule has 0 radical (unpaired) electrons. The van der Waals surface area contributed by atoms with E-state index in [1.54, 1.807) is 6.20 Å². The first kappa shape index (κ1) is 21.0. The summed E-state index contributed by atoms with van der Waals surface area (Å²) >= 11 is 0. The van der Waals surface area contributed by atoms with Crippen LogP contribution in [0, 0.1) is 17.5 Å². The number of amides is 3. The third-order valence-corrected chi connectivity index (χ3v) is 6.19. The first-order valence-electron chi connectivity index (χ1n) is 10.4. The molecular weight excluding hydrogens is 437 g/mol. The van der Waals surface area contributed by atoms with Crippen molar-refractivity contribution in [3.8, 4) is 0 Å². The average Bonchev–Trinajstić information content (AvgIpc) is 3.39. The molecule has 3 N–H and O–H groups in total. The number of para-hydroxylation sites is 1. The van der Waals surface area contributed by atoms with Crippen LogP contribution in [0.1, 0.15) is 22.3 Å². The van der Waals surface area contributed by atoms with Gasteiger partial charge in [0.1, 0.15) is 17.9 Å². The highest BCUT2D eigenvalue weighted by molar-refractivity contribution is 5.99. The Morgan fingerprint density at radius 2 is 1.85 bits per heavy atom. The van der Waals surface area contributed by atoms with Gasteiger partial charge in [0.25, 0.3) is 5.91 Å². The third kappa shape index (κ3) is 3.71. The Morgan fingerprint density at radius 3 is 2.67 bits per heavy atom. The standard InChI is InChI=1S/C23H19F3N4O3/c24-15-8-17(26)16(25)7-14(15)21(31)28-12-6-20-22(32)29-19(23(33)30(20)10-12)5-11-9-27-18-4-2-1-3-13(11)18/h1-4,7-9,12,19-20,27H,5-6,10H2,(H,28,31)(H,29,32)/t12-,19-,20-/m0/s1. The quantitative estimate of drug-likeness (QED) is 0.525. The zero-order valence-corrected chi connectivity index (χ0v) is 17.2. The summed E-state index contributed by atoms with van der Waals surface area (Å²) in [6.07, 6.45) is 2.24. The van der Waals surface area contributed by atoms with E-state index in [-0.39, 0.29) is 24.8 Å². The number of halogens is 3. The predicted molar refractivity (Wildman–Crippen MR) is 112 cm³/mol. The van der Waals surface area contributed by atoms with Gasteiger partial charge in [0.2, 0.25) is 11.8 Å². The van der Waals surface area contributed by atoms with Crippen molar-refractivity contribution in [1.82, 2.24) is 20.5 Å². The first-order valence-corrected chi connectivity index (χ1v) is 10.4. The third-order valence-electron chi connectivity index (χ3n) is 6.19. The average molecular weight is 456 g/mol. The van der Waals surface area contributed by atoms with E-state index >= 15 is 0 Å². The van der Waals surface area contributed by atoms with Gasteiger partial charge in [-0.25, -0.2) is 13.2 Å². The Morgan fingerprint density at radius 1 is 1.09 bits per heavy atom. The molecule has 0 spiro atoms. The van der Waals surface area contributed by atoms with Crippen molar-refractivity contribution in [2.24, 2.45) is 0 Å². The molecule has 2 aliphatic rings. The number of carbonyl (C=O) groups excluding carboxylic acids is 3. The Balaban J connectivity index is 1.29. The lowest BCUT2D eigenvalue weighted by molar-refractivity contribution is -0.146. The number of hydrogen-bond donors (Lipinski definition) is 3. The molecule has 3 amide bonds. The molecule has 2 aliphatic heterocycles. The molecule has 5 rings (SSSR count). The normalized spacial score (nSPS) is 22.4. The van der Waals surface area contributed by atoms with Crippen LogP contribution in [0.5, 0.6) is 0 Å². The van der Waals surface area contributed by atoms with Crippen LogP contribution in [-0.4, -0.2) is 52.3 Å². The summed E-state index contributed by atoms with van der Waals surface area (Å²) in [5.74, 6) is -5.50. The molecule has 0 unspecified atom stereocenters. The second kappa shape index (κ2) is 7.95. The number of aromatic amines is 1. The van der Waals surface area contributed by atoms with Gasteiger partial charge in [0, 0.05) is 42.2 Å². The van der Waals surface area contributed by atoms with Crippen LogP contribution in [0.3, 0.4) is 0 Å². The molecular formula is C23H19F3N4O3. The van der Waals surface area contributed by atoms with Crippen LogP contribution in [0.25, 0.3) is 10.9 Å². The summed E-state index contributed by atoms with van der Waals surface area (Å²) in [4.78, 5) is 42.7. The minimum Gasteiger partial charge on any atom is -0.361 e. The van der Waals surface area contributed by atoms with Crippen molar-refractivity contribution >= 4 is 28.6 Å². The zero-order chi connectivity index (χ0) is 23.3. The van der Waals surface area contributed by atoms with Gasteiger partial charge in [-0.15, -0.1) is 0 Å². The fraction of sp³-hybridized carbons (Fsp3) is 0.261. The van der Waals surface area contributed by atoms with Crippen LogP contribution >= 0.6 is 0 Å². The maximum Gasteiger partial charge on any atom is 0.254 e. The number of aromatic nitrogens is 1. The Kier molecular flexibility index (Phi) is 5.07. The van der Waals surface area contributed by atoms with Crippen LogP contribution in [0.4, 0.5) is 13.2 Å². The van der Waals surface area contributed by atoms with E-state index in [2.05, 4.69) is 15.6 Å². The molecule has 10 heteroatoms. The van der Waals surface area contributed by atoms with E-state index < -0.39 is 47.0 Å². The molecule has 0 saturated carbocycles. The highest BCUT2D eigenvalue weighted by Gasteiger charge is 2.46. The second-order valence-corrected chi connectivity index (χ2v) is 8.28. The van der Waals surface area contributed by atoms with Gasteiger partial charge in [-0.1, -0.05) is 18.2 Å². The summed E-state index contributed by atoms with van der Waals surface area (Å²) in [5.41, 5.74) is 1.17. The van der Waals surface area contributed by atoms with Crippen molar-refractivity contribution < 1.29 is 27.6 Å². The molecule has 7 nitrogen and oxygen atoms in total. The van der Waals surface area contributed by atoms with Gasteiger partial charge < -0.3 is 20.5 Å². The summed E-state index contributed by atoms with van der Waals surface area (Å²) in [7, 11) is 0. The van der Waals surface area contributed by atoms with Gasteiger partial charge in [-0.2, -0.15) is 0 Å². The second-order valence-electron chi connectivity index (χ2n) is 8.28. The molecule has 1 aromatic heterocycles. The number of nitrogens with one attached hydrogen (secondary N) is 3. The van der Waals surface area contributed by atoms with E-state index in [1.165, 1.54) is 4.90 Å². The summed E-state index contributed by atoms with van der Waals surface area (Å²) < 4.78 is 40.5. The number of hydrogen-bond acceptors (Lipinski definition) is 3. The molecule has 3 aromatic rings. The van der Waals surface area contributed by atoms with Gasteiger partial charge >= 0.3 is 0 Å². The fourth-order valence-electron chi connectivity index (χ4n) is 4.58. The van der Waals surface area contributed by atoms with Gasteiger partial charge in [-0.3, -0.25) is 14.4 Å². The van der Waals surface area contributed by atoms with Crippen molar-refractivity contribution in [3.05, 3.63) is 71.2 Å². The number of benzene rings is 2. The number of fused-ring (bicyclic) bond motifs is 2. The topological polar surface area (TPSA) is 94.3 Å². The molecule has 170 valence electrons. The Labute approximate surface area is 185 Å². The molecule has 3 atom stereocenters. The van der Waals surface area contributed by atoms with Crippen molar-refractivity contribution in [2.45, 2.75) is 31.0 Å². The molecule has 0 aliphatic carbocycles. The number of piperazine rings is 1. The predicted octanol–water partition coefficient (Wildman–Crippen LogP) is 2.03. The van der Waals surface area contributed by atoms with Crippen LogP contribution in [-0.2, 0) is 16.0 Å². The van der Waals surface area contributed by atoms with E-state index in [1.807, 2.05) is 24.3 Å². The molecule has 3 heterocycles. The largest absolute Gasteiger partial charge is 0.361 e. The number of H-pyrrole nitrogens is 1. The highest BCUT2D eigenvalue weighted by Crippen LogP contribution is 2.26. The molecule has 2 fully saturated rings. The Bertz CT molecular complexity index is 1290. The van der Waals surface area contributed by atoms with Crippen LogP contribution in [0.15, 0.2) is 42.6 Å². The lowest BCUT2D eigenvalue weighted by Gasteiger charge is -2.34. The van der Waals surface area contributed by atoms with E-state index in [0.29, 0.717) is 18.6 Å². The molecule has 0 bridgehead atoms. The van der Waals surface area contributed by atoms with Crippen molar-refractivity contribution in [1.29, 1.82) is 0 Å². The summed E-state index contributed by atoms with van der Waals surface area (Å²) in [5, 5.41) is 6.24. The first-order chi connectivity index (χ1) is 15.8. The summed E-state index contributed by atoms with van der Waals surface area (Å²) in [6.45, 7) is 0.0539. The molecule has 2 aromatic carbocycles. The number of rotatable bonds is 4. The SMILES string of the molecule is O=C(N[C@H]1C[C@H]2C(=O)N[C@@H](Cc3c[nH]c4ccccc34)C(=O)N2C1)c1cc(F)c(F)cc1F. The van der Waals surface area contributed by atoms with Gasteiger partial charge in [-0.05, 0) is 24.1 Å². The minimum atomic E-state index is -1.40. The number of carbonyl (C=O) groups is 3. The van der Waals surface area contributed by atoms with E-state index in [4.69, 9.17) is 0 Å². The van der Waals surface area contributed by atoms with Gasteiger partial charge in [0.15, 0.2) is 11.6 Å². The van der Waals surface area contributed by atoms with Crippen molar-refractivity contribution in [2.75, 3.05) is 6.54 Å². The monoisotopic (exact) mass is 456 g/mol. The maximum absolute atomic E-state index is 13.9. The lowest BCUT2D eigenvalue weighted by atomic mass is 10.0.